The molecular formula is C13H17NO. The van der Waals surface area contributed by atoms with E-state index in [2.05, 4.69) is 17.0 Å². The Balaban J connectivity index is 1.67. The lowest BCUT2D eigenvalue weighted by atomic mass is 9.63. The van der Waals surface area contributed by atoms with Crippen LogP contribution in [0.5, 0.6) is 0 Å². The summed E-state index contributed by atoms with van der Waals surface area (Å²) in [4.78, 5) is 2.44. The predicted octanol–water partition coefficient (Wildman–Crippen LogP) is 2.17. The van der Waals surface area contributed by atoms with Crippen LogP contribution in [-0.2, 0) is 6.61 Å². The maximum atomic E-state index is 8.95. The Hall–Kier alpha value is -1.02. The molecule has 0 unspecified atom stereocenters. The van der Waals surface area contributed by atoms with Crippen molar-refractivity contribution in [3.63, 3.8) is 0 Å². The number of anilines is 1. The average Bonchev–Trinajstić information content (AvgIpc) is 2.14. The number of aliphatic hydroxyl groups excluding tert-OH is 1. The van der Waals surface area contributed by atoms with Gasteiger partial charge in [-0.25, -0.2) is 0 Å². The van der Waals surface area contributed by atoms with Gasteiger partial charge in [-0.15, -0.1) is 0 Å². The smallest absolute Gasteiger partial charge is 0.0681 e. The van der Waals surface area contributed by atoms with E-state index in [1.807, 2.05) is 12.1 Å². The third kappa shape index (κ3) is 1.44. The van der Waals surface area contributed by atoms with E-state index in [0.717, 1.165) is 5.56 Å². The van der Waals surface area contributed by atoms with Crippen LogP contribution in [0.15, 0.2) is 24.3 Å². The van der Waals surface area contributed by atoms with Crippen LogP contribution >= 0.6 is 0 Å². The summed E-state index contributed by atoms with van der Waals surface area (Å²) in [5.41, 5.74) is 3.00. The lowest BCUT2D eigenvalue weighted by molar-refractivity contribution is 0.0904. The molecule has 0 bridgehead atoms. The van der Waals surface area contributed by atoms with Gasteiger partial charge < -0.3 is 10.0 Å². The lowest BCUT2D eigenvalue weighted by Gasteiger charge is -2.57. The third-order valence-corrected chi connectivity index (χ3v) is 3.95. The number of rotatable bonds is 2. The normalized spacial score (nSPS) is 22.3. The Morgan fingerprint density at radius 1 is 1.13 bits per heavy atom. The zero-order valence-electron chi connectivity index (χ0n) is 8.95. The van der Waals surface area contributed by atoms with Crippen LogP contribution in [0.4, 0.5) is 5.69 Å². The first kappa shape index (κ1) is 9.22. The molecule has 0 amide bonds. The summed E-state index contributed by atoms with van der Waals surface area (Å²) in [5, 5.41) is 8.95. The van der Waals surface area contributed by atoms with E-state index in [4.69, 9.17) is 5.11 Å². The fraction of sp³-hybridized carbons (Fsp3) is 0.538. The second kappa shape index (κ2) is 3.24. The number of hydrogen-bond acceptors (Lipinski definition) is 2. The molecule has 1 aliphatic heterocycles. The molecule has 1 aromatic rings. The van der Waals surface area contributed by atoms with Crippen LogP contribution in [0.3, 0.4) is 0 Å². The number of nitrogens with zero attached hydrogens (tertiary/aromatic N) is 1. The fourth-order valence-electron chi connectivity index (χ4n) is 2.75. The van der Waals surface area contributed by atoms with E-state index >= 15 is 0 Å². The second-order valence-electron chi connectivity index (χ2n) is 5.03. The molecule has 1 aliphatic carbocycles. The molecule has 2 nitrogen and oxygen atoms in total. The van der Waals surface area contributed by atoms with Crippen molar-refractivity contribution in [3.05, 3.63) is 29.8 Å². The highest BCUT2D eigenvalue weighted by molar-refractivity contribution is 5.51. The standard InChI is InChI=1S/C13H17NO/c15-8-11-2-4-12(5-3-11)14-9-13(10-14)6-1-7-13/h2-5,15H,1,6-10H2. The molecule has 1 N–H and O–H groups in total. The first-order chi connectivity index (χ1) is 7.31. The van der Waals surface area contributed by atoms with Crippen LogP contribution in [-0.4, -0.2) is 18.2 Å². The average molecular weight is 203 g/mol. The van der Waals surface area contributed by atoms with Gasteiger partial charge in [-0.2, -0.15) is 0 Å². The minimum Gasteiger partial charge on any atom is -0.392 e. The molecule has 1 heterocycles. The van der Waals surface area contributed by atoms with Crippen molar-refractivity contribution < 1.29 is 5.11 Å². The van der Waals surface area contributed by atoms with Crippen molar-refractivity contribution >= 4 is 5.69 Å². The highest BCUT2D eigenvalue weighted by Crippen LogP contribution is 2.49. The van der Waals surface area contributed by atoms with Gasteiger partial charge in [-0.3, -0.25) is 0 Å². The first-order valence-electron chi connectivity index (χ1n) is 5.76. The van der Waals surface area contributed by atoms with E-state index < -0.39 is 0 Å². The molecule has 2 aliphatic rings. The van der Waals surface area contributed by atoms with Gasteiger partial charge in [0.25, 0.3) is 0 Å². The molecule has 1 saturated heterocycles. The molecule has 2 heteroatoms. The van der Waals surface area contributed by atoms with Crippen LogP contribution in [0.1, 0.15) is 24.8 Å². The highest BCUT2D eigenvalue weighted by Gasteiger charge is 2.47. The molecule has 2 fully saturated rings. The van der Waals surface area contributed by atoms with Gasteiger partial charge in [-0.1, -0.05) is 18.6 Å². The second-order valence-corrected chi connectivity index (χ2v) is 5.03. The molecule has 1 aromatic carbocycles. The van der Waals surface area contributed by atoms with Gasteiger partial charge in [0.1, 0.15) is 0 Å². The summed E-state index contributed by atoms with van der Waals surface area (Å²) in [6.07, 6.45) is 4.29. The van der Waals surface area contributed by atoms with Crippen molar-refractivity contribution in [2.75, 3.05) is 18.0 Å². The van der Waals surface area contributed by atoms with E-state index in [-0.39, 0.29) is 6.61 Å². The predicted molar refractivity (Wildman–Crippen MR) is 60.9 cm³/mol. The van der Waals surface area contributed by atoms with E-state index in [0.29, 0.717) is 5.41 Å². The maximum Gasteiger partial charge on any atom is 0.0681 e. The topological polar surface area (TPSA) is 23.5 Å². The summed E-state index contributed by atoms with van der Waals surface area (Å²) in [6.45, 7) is 2.63. The van der Waals surface area contributed by atoms with Gasteiger partial charge in [0.05, 0.1) is 6.61 Å². The van der Waals surface area contributed by atoms with Crippen molar-refractivity contribution in [2.45, 2.75) is 25.9 Å². The summed E-state index contributed by atoms with van der Waals surface area (Å²) >= 11 is 0. The van der Waals surface area contributed by atoms with Crippen molar-refractivity contribution in [1.29, 1.82) is 0 Å². The largest absolute Gasteiger partial charge is 0.392 e. The Kier molecular flexibility index (Phi) is 1.99. The van der Waals surface area contributed by atoms with Crippen LogP contribution in [0.2, 0.25) is 0 Å². The van der Waals surface area contributed by atoms with E-state index in [1.54, 1.807) is 0 Å². The Morgan fingerprint density at radius 2 is 1.80 bits per heavy atom. The first-order valence-corrected chi connectivity index (χ1v) is 5.76. The summed E-state index contributed by atoms with van der Waals surface area (Å²) in [7, 11) is 0. The lowest BCUT2D eigenvalue weighted by Crippen LogP contribution is -2.59. The molecule has 0 radical (unpaired) electrons. The van der Waals surface area contributed by atoms with Gasteiger partial charge in [0, 0.05) is 24.2 Å². The number of hydrogen-bond donors (Lipinski definition) is 1. The maximum absolute atomic E-state index is 8.95. The Bertz CT molecular complexity index is 345. The number of aliphatic hydroxyl groups is 1. The summed E-state index contributed by atoms with van der Waals surface area (Å²) in [6, 6.07) is 8.27. The SMILES string of the molecule is OCc1ccc(N2CC3(CCC3)C2)cc1. The van der Waals surface area contributed by atoms with Crippen molar-refractivity contribution in [3.8, 4) is 0 Å². The van der Waals surface area contributed by atoms with Gasteiger partial charge in [0.15, 0.2) is 0 Å². The van der Waals surface area contributed by atoms with Crippen molar-refractivity contribution in [2.24, 2.45) is 5.41 Å². The molecule has 0 aromatic heterocycles. The van der Waals surface area contributed by atoms with Gasteiger partial charge >= 0.3 is 0 Å². The molecule has 15 heavy (non-hydrogen) atoms. The summed E-state index contributed by atoms with van der Waals surface area (Å²) < 4.78 is 0. The quantitative estimate of drug-likeness (QED) is 0.796. The van der Waals surface area contributed by atoms with Gasteiger partial charge in [0.2, 0.25) is 0 Å². The zero-order valence-corrected chi connectivity index (χ0v) is 8.95. The minimum absolute atomic E-state index is 0.143. The molecule has 1 spiro atoms. The zero-order chi connectivity index (χ0) is 10.3. The van der Waals surface area contributed by atoms with Crippen LogP contribution < -0.4 is 4.90 Å². The monoisotopic (exact) mass is 203 g/mol. The molecular weight excluding hydrogens is 186 g/mol. The fourth-order valence-corrected chi connectivity index (χ4v) is 2.75. The van der Waals surface area contributed by atoms with E-state index in [9.17, 15) is 0 Å². The van der Waals surface area contributed by atoms with Crippen LogP contribution in [0.25, 0.3) is 0 Å². The van der Waals surface area contributed by atoms with Crippen LogP contribution in [0, 0.1) is 5.41 Å². The molecule has 80 valence electrons. The molecule has 3 rings (SSSR count). The van der Waals surface area contributed by atoms with Gasteiger partial charge in [-0.05, 0) is 30.5 Å². The molecule has 1 saturated carbocycles. The Labute approximate surface area is 90.5 Å². The van der Waals surface area contributed by atoms with E-state index in [1.165, 1.54) is 38.0 Å². The third-order valence-electron chi connectivity index (χ3n) is 3.95. The highest BCUT2D eigenvalue weighted by atomic mass is 16.3. The number of benzene rings is 1. The minimum atomic E-state index is 0.143. The van der Waals surface area contributed by atoms with Crippen molar-refractivity contribution in [1.82, 2.24) is 0 Å². The molecule has 0 atom stereocenters. The summed E-state index contributed by atoms with van der Waals surface area (Å²) in [5.74, 6) is 0. The Morgan fingerprint density at radius 3 is 2.27 bits per heavy atom.